The molecule has 0 saturated carbocycles. The van der Waals surface area contributed by atoms with Gasteiger partial charge < -0.3 is 15.3 Å². The van der Waals surface area contributed by atoms with Crippen molar-refractivity contribution in [2.45, 2.75) is 36.4 Å². The van der Waals surface area contributed by atoms with E-state index in [-0.39, 0.29) is 11.2 Å². The van der Waals surface area contributed by atoms with Gasteiger partial charge in [0.25, 0.3) is 0 Å². The number of carbonyl (C=O) groups is 1. The summed E-state index contributed by atoms with van der Waals surface area (Å²) >= 11 is 1.62. The van der Waals surface area contributed by atoms with Crippen LogP contribution in [0.25, 0.3) is 0 Å². The zero-order valence-electron chi connectivity index (χ0n) is 13.4. The zero-order valence-corrected chi connectivity index (χ0v) is 14.2. The molecule has 0 aromatic heterocycles. The van der Waals surface area contributed by atoms with E-state index in [9.17, 15) is 9.90 Å². The van der Waals surface area contributed by atoms with Crippen LogP contribution >= 0.6 is 11.8 Å². The van der Waals surface area contributed by atoms with Crippen LogP contribution in [0.15, 0.2) is 30.3 Å². The minimum Gasteiger partial charge on any atom is -0.388 e. The SMILES string of the molecule is CC(SCc1ccccc1)C(=O)NCC1(O)CCN(C)CC1. The average molecular weight is 322 g/mol. The fourth-order valence-corrected chi connectivity index (χ4v) is 3.35. The molecule has 1 aromatic rings. The standard InChI is InChI=1S/C17H26N2O2S/c1-14(22-12-15-6-4-3-5-7-15)16(20)18-13-17(21)8-10-19(2)11-9-17/h3-7,14,21H,8-13H2,1-2H3,(H,18,20). The Morgan fingerprint density at radius 2 is 2.00 bits per heavy atom. The maximum Gasteiger partial charge on any atom is 0.232 e. The molecule has 1 aliphatic heterocycles. The van der Waals surface area contributed by atoms with E-state index in [4.69, 9.17) is 0 Å². The van der Waals surface area contributed by atoms with Gasteiger partial charge in [-0.1, -0.05) is 30.3 Å². The summed E-state index contributed by atoms with van der Waals surface area (Å²) < 4.78 is 0. The fourth-order valence-electron chi connectivity index (χ4n) is 2.48. The third-order valence-corrected chi connectivity index (χ3v) is 5.44. The second-order valence-electron chi connectivity index (χ2n) is 6.18. The Morgan fingerprint density at radius 1 is 1.36 bits per heavy atom. The van der Waals surface area contributed by atoms with Crippen molar-refractivity contribution >= 4 is 17.7 Å². The smallest absolute Gasteiger partial charge is 0.232 e. The molecule has 1 heterocycles. The lowest BCUT2D eigenvalue weighted by molar-refractivity contribution is -0.122. The highest BCUT2D eigenvalue weighted by atomic mass is 32.2. The van der Waals surface area contributed by atoms with E-state index in [1.165, 1.54) is 5.56 Å². The Morgan fingerprint density at radius 3 is 2.64 bits per heavy atom. The monoisotopic (exact) mass is 322 g/mol. The third kappa shape index (κ3) is 5.30. The van der Waals surface area contributed by atoms with Crippen LogP contribution in [0.5, 0.6) is 0 Å². The third-order valence-electron chi connectivity index (χ3n) is 4.22. The lowest BCUT2D eigenvalue weighted by Gasteiger charge is -2.36. The lowest BCUT2D eigenvalue weighted by atomic mass is 9.91. The molecule has 1 atom stereocenters. The van der Waals surface area contributed by atoms with Gasteiger partial charge in [-0.3, -0.25) is 4.79 Å². The summed E-state index contributed by atoms with van der Waals surface area (Å²) in [7, 11) is 2.06. The Labute approximate surface area is 137 Å². The number of nitrogens with one attached hydrogen (secondary N) is 1. The summed E-state index contributed by atoms with van der Waals surface area (Å²) in [5, 5.41) is 13.3. The number of carbonyl (C=O) groups excluding carboxylic acids is 1. The summed E-state index contributed by atoms with van der Waals surface area (Å²) in [5.74, 6) is 0.832. The Kier molecular flexibility index (Phi) is 6.29. The van der Waals surface area contributed by atoms with Crippen LogP contribution in [0.4, 0.5) is 0 Å². The molecule has 1 aliphatic rings. The van der Waals surface area contributed by atoms with Gasteiger partial charge in [0.05, 0.1) is 10.9 Å². The van der Waals surface area contributed by atoms with E-state index in [1.54, 1.807) is 11.8 Å². The number of thioether (sulfide) groups is 1. The molecule has 2 N–H and O–H groups in total. The summed E-state index contributed by atoms with van der Waals surface area (Å²) in [4.78, 5) is 14.4. The van der Waals surface area contributed by atoms with Crippen molar-refractivity contribution in [2.75, 3.05) is 26.7 Å². The number of hydrogen-bond acceptors (Lipinski definition) is 4. The fraction of sp³-hybridized carbons (Fsp3) is 0.588. The van der Waals surface area contributed by atoms with Crippen molar-refractivity contribution in [3.63, 3.8) is 0 Å². The summed E-state index contributed by atoms with van der Waals surface area (Å²) in [5.41, 5.74) is 0.479. The largest absolute Gasteiger partial charge is 0.388 e. The molecule has 1 unspecified atom stereocenters. The molecule has 2 rings (SSSR count). The van der Waals surface area contributed by atoms with Crippen LogP contribution in [0.1, 0.15) is 25.3 Å². The molecule has 0 spiro atoms. The van der Waals surface area contributed by atoms with Gasteiger partial charge in [0, 0.05) is 25.4 Å². The van der Waals surface area contributed by atoms with Crippen molar-refractivity contribution in [1.82, 2.24) is 10.2 Å². The summed E-state index contributed by atoms with van der Waals surface area (Å²) in [6, 6.07) is 10.1. The number of benzene rings is 1. The van der Waals surface area contributed by atoms with Crippen LogP contribution in [-0.2, 0) is 10.5 Å². The summed E-state index contributed by atoms with van der Waals surface area (Å²) in [6.07, 6.45) is 1.44. The second-order valence-corrected chi connectivity index (χ2v) is 7.51. The molecule has 1 saturated heterocycles. The first kappa shape index (κ1) is 17.3. The number of nitrogens with zero attached hydrogens (tertiary/aromatic N) is 1. The van der Waals surface area contributed by atoms with E-state index in [1.807, 2.05) is 25.1 Å². The van der Waals surface area contributed by atoms with Gasteiger partial charge in [-0.2, -0.15) is 0 Å². The highest BCUT2D eigenvalue weighted by molar-refractivity contribution is 7.99. The molecular formula is C17H26N2O2S. The quantitative estimate of drug-likeness (QED) is 0.840. The van der Waals surface area contributed by atoms with Gasteiger partial charge in [0.1, 0.15) is 0 Å². The van der Waals surface area contributed by atoms with Crippen LogP contribution in [0, 0.1) is 0 Å². The predicted octanol–water partition coefficient (Wildman–Crippen LogP) is 1.88. The van der Waals surface area contributed by atoms with Crippen molar-refractivity contribution in [3.8, 4) is 0 Å². The Hall–Kier alpha value is -1.04. The lowest BCUT2D eigenvalue weighted by Crippen LogP contribution is -2.50. The molecule has 0 bridgehead atoms. The molecule has 0 radical (unpaired) electrons. The summed E-state index contributed by atoms with van der Waals surface area (Å²) in [6.45, 7) is 4.03. The van der Waals surface area contributed by atoms with Gasteiger partial charge in [-0.25, -0.2) is 0 Å². The molecule has 1 fully saturated rings. The number of hydrogen-bond donors (Lipinski definition) is 2. The minimum absolute atomic E-state index is 0.00767. The molecule has 1 aromatic carbocycles. The van der Waals surface area contributed by atoms with Gasteiger partial charge in [-0.15, -0.1) is 11.8 Å². The molecule has 1 amide bonds. The average Bonchev–Trinajstić information content (AvgIpc) is 2.54. The predicted molar refractivity (Wildman–Crippen MR) is 91.9 cm³/mol. The molecule has 4 nitrogen and oxygen atoms in total. The Balaban J connectivity index is 1.72. The number of rotatable bonds is 6. The van der Waals surface area contributed by atoms with Crippen LogP contribution < -0.4 is 5.32 Å². The Bertz CT molecular complexity index is 473. The topological polar surface area (TPSA) is 52.6 Å². The molecule has 122 valence electrons. The first-order valence-corrected chi connectivity index (χ1v) is 8.88. The van der Waals surface area contributed by atoms with E-state index in [0.717, 1.165) is 31.7 Å². The van der Waals surface area contributed by atoms with E-state index in [2.05, 4.69) is 29.4 Å². The minimum atomic E-state index is -0.744. The van der Waals surface area contributed by atoms with E-state index in [0.29, 0.717) is 6.54 Å². The number of amides is 1. The van der Waals surface area contributed by atoms with E-state index >= 15 is 0 Å². The molecule has 0 aliphatic carbocycles. The van der Waals surface area contributed by atoms with Crippen LogP contribution in [0.3, 0.4) is 0 Å². The highest BCUT2D eigenvalue weighted by Crippen LogP contribution is 2.21. The maximum atomic E-state index is 12.2. The number of likely N-dealkylation sites (tertiary alicyclic amines) is 1. The molecular weight excluding hydrogens is 296 g/mol. The highest BCUT2D eigenvalue weighted by Gasteiger charge is 2.31. The van der Waals surface area contributed by atoms with Crippen molar-refractivity contribution < 1.29 is 9.90 Å². The van der Waals surface area contributed by atoms with Crippen LogP contribution in [-0.4, -0.2) is 53.4 Å². The molecule has 5 heteroatoms. The van der Waals surface area contributed by atoms with Gasteiger partial charge in [-0.05, 0) is 32.4 Å². The van der Waals surface area contributed by atoms with Gasteiger partial charge in [0.15, 0.2) is 0 Å². The maximum absolute atomic E-state index is 12.2. The van der Waals surface area contributed by atoms with Gasteiger partial charge >= 0.3 is 0 Å². The second kappa shape index (κ2) is 7.99. The van der Waals surface area contributed by atoms with Crippen molar-refractivity contribution in [3.05, 3.63) is 35.9 Å². The van der Waals surface area contributed by atoms with Gasteiger partial charge in [0.2, 0.25) is 5.91 Å². The molecule has 22 heavy (non-hydrogen) atoms. The van der Waals surface area contributed by atoms with Crippen LogP contribution in [0.2, 0.25) is 0 Å². The van der Waals surface area contributed by atoms with Crippen molar-refractivity contribution in [2.24, 2.45) is 0 Å². The van der Waals surface area contributed by atoms with Crippen molar-refractivity contribution in [1.29, 1.82) is 0 Å². The zero-order chi connectivity index (χ0) is 16.0. The normalized spacial score (nSPS) is 19.6. The van der Waals surface area contributed by atoms with E-state index < -0.39 is 5.60 Å². The first-order valence-electron chi connectivity index (χ1n) is 7.83. The number of aliphatic hydroxyl groups is 1. The number of piperidine rings is 1. The first-order chi connectivity index (χ1) is 10.5.